The molecule has 2 N–H and O–H groups in total. The van der Waals surface area contributed by atoms with E-state index >= 15 is 0 Å². The van der Waals surface area contributed by atoms with Crippen molar-refractivity contribution in [2.45, 2.75) is 6.54 Å². The molecule has 0 unspecified atom stereocenters. The van der Waals surface area contributed by atoms with Crippen LogP contribution in [0.4, 0.5) is 5.69 Å². The van der Waals surface area contributed by atoms with E-state index in [1.165, 1.54) is 16.9 Å². The molecular formula is C18H20ClN3O2S. The van der Waals surface area contributed by atoms with E-state index in [1.807, 2.05) is 35.2 Å². The van der Waals surface area contributed by atoms with Crippen LogP contribution < -0.4 is 5.73 Å². The number of thiophene rings is 1. The quantitative estimate of drug-likeness (QED) is 0.710. The van der Waals surface area contributed by atoms with E-state index in [1.54, 1.807) is 6.26 Å². The molecule has 1 amide bonds. The van der Waals surface area contributed by atoms with Crippen molar-refractivity contribution < 1.29 is 9.21 Å². The van der Waals surface area contributed by atoms with Crippen LogP contribution in [0.1, 0.15) is 15.2 Å². The van der Waals surface area contributed by atoms with Gasteiger partial charge < -0.3 is 15.1 Å². The zero-order valence-corrected chi connectivity index (χ0v) is 15.3. The third-order valence-electron chi connectivity index (χ3n) is 4.37. The summed E-state index contributed by atoms with van der Waals surface area (Å²) in [6.07, 6.45) is 1.66. The van der Waals surface area contributed by atoms with Crippen LogP contribution in [0.5, 0.6) is 0 Å². The van der Waals surface area contributed by atoms with Crippen molar-refractivity contribution in [3.05, 3.63) is 53.1 Å². The lowest BCUT2D eigenvalue weighted by atomic mass is 10.1. The van der Waals surface area contributed by atoms with Crippen LogP contribution in [0.15, 0.2) is 47.1 Å². The monoisotopic (exact) mass is 377 g/mol. The molecule has 0 radical (unpaired) electrons. The minimum atomic E-state index is 0. The van der Waals surface area contributed by atoms with Crippen LogP contribution in [-0.4, -0.2) is 41.9 Å². The number of halogens is 1. The van der Waals surface area contributed by atoms with Gasteiger partial charge in [-0.25, -0.2) is 0 Å². The van der Waals surface area contributed by atoms with Gasteiger partial charge in [0, 0.05) is 44.5 Å². The fraction of sp³-hybridized carbons (Fsp3) is 0.278. The number of anilines is 1. The minimum absolute atomic E-state index is 0. The van der Waals surface area contributed by atoms with Crippen molar-refractivity contribution in [3.63, 3.8) is 0 Å². The molecule has 1 aliphatic rings. The number of nitrogens with zero attached hydrogens (tertiary/aromatic N) is 2. The molecule has 0 atom stereocenters. The van der Waals surface area contributed by atoms with Gasteiger partial charge in [-0.1, -0.05) is 12.1 Å². The molecule has 5 nitrogen and oxygen atoms in total. The van der Waals surface area contributed by atoms with Gasteiger partial charge in [-0.3, -0.25) is 9.69 Å². The molecule has 0 spiro atoms. The molecule has 7 heteroatoms. The summed E-state index contributed by atoms with van der Waals surface area (Å²) in [6, 6.07) is 11.7. The zero-order chi connectivity index (χ0) is 16.5. The first-order chi connectivity index (χ1) is 11.7. The molecule has 4 rings (SSSR count). The third-order valence-corrected chi connectivity index (χ3v) is 5.44. The molecule has 1 saturated heterocycles. The number of hydrogen-bond donors (Lipinski definition) is 1. The SMILES string of the molecule is Cl.Nc1cccc(CN2CCN(C(=O)c3cc4occc4s3)CC2)c1. The van der Waals surface area contributed by atoms with Gasteiger partial charge in [-0.2, -0.15) is 0 Å². The summed E-state index contributed by atoms with van der Waals surface area (Å²) in [7, 11) is 0. The maximum absolute atomic E-state index is 12.6. The highest BCUT2D eigenvalue weighted by molar-refractivity contribution is 7.20. The lowest BCUT2D eigenvalue weighted by Crippen LogP contribution is -2.48. The fourth-order valence-corrected chi connectivity index (χ4v) is 4.04. The molecule has 2 aromatic heterocycles. The Hall–Kier alpha value is -2.02. The van der Waals surface area contributed by atoms with Crippen molar-refractivity contribution in [2.24, 2.45) is 0 Å². The Bertz CT molecular complexity index is 839. The molecule has 3 heterocycles. The molecule has 132 valence electrons. The van der Waals surface area contributed by atoms with Crippen molar-refractivity contribution in [1.29, 1.82) is 0 Å². The van der Waals surface area contributed by atoms with E-state index in [4.69, 9.17) is 10.2 Å². The number of amides is 1. The summed E-state index contributed by atoms with van der Waals surface area (Å²) in [4.78, 5) is 17.7. The van der Waals surface area contributed by atoms with E-state index in [0.29, 0.717) is 0 Å². The zero-order valence-electron chi connectivity index (χ0n) is 13.7. The van der Waals surface area contributed by atoms with Gasteiger partial charge in [0.2, 0.25) is 0 Å². The van der Waals surface area contributed by atoms with Gasteiger partial charge in [0.25, 0.3) is 5.91 Å². The van der Waals surface area contributed by atoms with Crippen molar-refractivity contribution in [1.82, 2.24) is 9.80 Å². The van der Waals surface area contributed by atoms with Crippen LogP contribution in [0.3, 0.4) is 0 Å². The average molecular weight is 378 g/mol. The number of piperazine rings is 1. The van der Waals surface area contributed by atoms with E-state index in [-0.39, 0.29) is 18.3 Å². The predicted octanol–water partition coefficient (Wildman–Crippen LogP) is 3.46. The number of hydrogen-bond acceptors (Lipinski definition) is 5. The lowest BCUT2D eigenvalue weighted by molar-refractivity contribution is 0.0633. The Balaban J connectivity index is 0.00000182. The van der Waals surface area contributed by atoms with Gasteiger partial charge in [0.1, 0.15) is 5.58 Å². The third kappa shape index (κ3) is 3.81. The summed E-state index contributed by atoms with van der Waals surface area (Å²) >= 11 is 1.50. The maximum Gasteiger partial charge on any atom is 0.264 e. The number of nitrogens with two attached hydrogens (primary N) is 1. The standard InChI is InChI=1S/C18H19N3O2S.ClH/c19-14-3-1-2-13(10-14)12-20-5-7-21(8-6-20)18(22)17-11-15-16(24-17)4-9-23-15;/h1-4,9-11H,5-8,12,19H2;1H. The fourth-order valence-electron chi connectivity index (χ4n) is 3.09. The highest BCUT2D eigenvalue weighted by Crippen LogP contribution is 2.27. The maximum atomic E-state index is 12.6. The summed E-state index contributed by atoms with van der Waals surface area (Å²) in [5.74, 6) is 0.106. The van der Waals surface area contributed by atoms with E-state index in [2.05, 4.69) is 11.0 Å². The second kappa shape index (κ2) is 7.47. The largest absolute Gasteiger partial charge is 0.463 e. The number of carbonyl (C=O) groups is 1. The van der Waals surface area contributed by atoms with Crippen LogP contribution in [0, 0.1) is 0 Å². The summed E-state index contributed by atoms with van der Waals surface area (Å²) < 4.78 is 6.38. The van der Waals surface area contributed by atoms with Gasteiger partial charge in [-0.15, -0.1) is 23.7 Å². The number of nitrogen functional groups attached to an aromatic ring is 1. The van der Waals surface area contributed by atoms with Crippen LogP contribution in [0.2, 0.25) is 0 Å². The number of benzene rings is 1. The first-order valence-electron chi connectivity index (χ1n) is 8.02. The number of rotatable bonds is 3. The summed E-state index contributed by atoms with van der Waals surface area (Å²) in [6.45, 7) is 4.13. The Morgan fingerprint density at radius 3 is 2.68 bits per heavy atom. The lowest BCUT2D eigenvalue weighted by Gasteiger charge is -2.34. The average Bonchev–Trinajstić information content (AvgIpc) is 3.16. The van der Waals surface area contributed by atoms with Crippen molar-refractivity contribution in [3.8, 4) is 0 Å². The Morgan fingerprint density at radius 2 is 1.96 bits per heavy atom. The molecule has 1 aliphatic heterocycles. The first kappa shape index (κ1) is 17.8. The molecule has 0 bridgehead atoms. The highest BCUT2D eigenvalue weighted by Gasteiger charge is 2.24. The van der Waals surface area contributed by atoms with Gasteiger partial charge in [0.15, 0.2) is 0 Å². The predicted molar refractivity (Wildman–Crippen MR) is 103 cm³/mol. The summed E-state index contributed by atoms with van der Waals surface area (Å²) in [5, 5.41) is 0. The van der Waals surface area contributed by atoms with Gasteiger partial charge in [0.05, 0.1) is 15.8 Å². The first-order valence-corrected chi connectivity index (χ1v) is 8.84. The smallest absolute Gasteiger partial charge is 0.264 e. The Morgan fingerprint density at radius 1 is 1.16 bits per heavy atom. The van der Waals surface area contributed by atoms with E-state index in [9.17, 15) is 4.79 Å². The van der Waals surface area contributed by atoms with E-state index < -0.39 is 0 Å². The van der Waals surface area contributed by atoms with E-state index in [0.717, 1.165) is 53.6 Å². The summed E-state index contributed by atoms with van der Waals surface area (Å²) in [5.41, 5.74) is 8.64. The second-order valence-electron chi connectivity index (χ2n) is 6.07. The molecule has 1 aromatic carbocycles. The number of fused-ring (bicyclic) bond motifs is 1. The molecule has 1 fully saturated rings. The Labute approximate surface area is 156 Å². The van der Waals surface area contributed by atoms with Gasteiger partial charge in [-0.05, 0) is 23.8 Å². The normalized spacial score (nSPS) is 15.3. The number of carbonyl (C=O) groups excluding carboxylic acids is 1. The van der Waals surface area contributed by atoms with Crippen molar-refractivity contribution in [2.75, 3.05) is 31.9 Å². The molecule has 3 aromatic rings. The molecular weight excluding hydrogens is 358 g/mol. The van der Waals surface area contributed by atoms with Crippen LogP contribution >= 0.6 is 23.7 Å². The van der Waals surface area contributed by atoms with Crippen LogP contribution in [0.25, 0.3) is 10.3 Å². The van der Waals surface area contributed by atoms with Crippen molar-refractivity contribution >= 4 is 45.6 Å². The molecule has 0 aliphatic carbocycles. The van der Waals surface area contributed by atoms with Gasteiger partial charge >= 0.3 is 0 Å². The highest BCUT2D eigenvalue weighted by atomic mass is 35.5. The minimum Gasteiger partial charge on any atom is -0.463 e. The second-order valence-corrected chi connectivity index (χ2v) is 7.16. The Kier molecular flexibility index (Phi) is 5.32. The number of furan rings is 1. The topological polar surface area (TPSA) is 62.7 Å². The van der Waals surface area contributed by atoms with Crippen LogP contribution in [-0.2, 0) is 6.54 Å². The molecule has 0 saturated carbocycles. The molecule has 25 heavy (non-hydrogen) atoms.